The number of rotatable bonds is 11. The van der Waals surface area contributed by atoms with Crippen molar-refractivity contribution in [3.8, 4) is 0 Å². The molecule has 3 unspecified atom stereocenters. The average molecular weight is 439 g/mol. The number of nitrogens with one attached hydrogen (secondary N) is 1. The summed E-state index contributed by atoms with van der Waals surface area (Å²) in [5.41, 5.74) is 20.1. The lowest BCUT2D eigenvalue weighted by atomic mass is 10.1. The van der Waals surface area contributed by atoms with Crippen molar-refractivity contribution < 1.29 is 44.4 Å². The molecule has 2 amide bonds. The topological polar surface area (TPSA) is 282 Å². The highest BCUT2D eigenvalue weighted by Gasteiger charge is 2.14. The summed E-state index contributed by atoms with van der Waals surface area (Å²) in [4.78, 5) is 50.2. The van der Waals surface area contributed by atoms with Gasteiger partial charge in [-0.2, -0.15) is 0 Å². The van der Waals surface area contributed by atoms with E-state index in [1.807, 2.05) is 0 Å². The summed E-state index contributed by atoms with van der Waals surface area (Å²) in [7, 11) is 0. The van der Waals surface area contributed by atoms with Crippen LogP contribution in [-0.4, -0.2) is 75.0 Å². The lowest BCUT2D eigenvalue weighted by Gasteiger charge is -2.07. The van der Waals surface area contributed by atoms with Crippen molar-refractivity contribution in [1.82, 2.24) is 5.32 Å². The van der Waals surface area contributed by atoms with E-state index in [-0.39, 0.29) is 18.8 Å². The molecule has 0 aliphatic carbocycles. The molecule has 0 aliphatic heterocycles. The maximum Gasteiger partial charge on any atom is 0.320 e. The predicted octanol–water partition coefficient (Wildman–Crippen LogP) is -1.84. The van der Waals surface area contributed by atoms with Gasteiger partial charge in [0.15, 0.2) is 0 Å². The quantitative estimate of drug-likeness (QED) is 0.161. The highest BCUT2D eigenvalue weighted by Crippen LogP contribution is 1.96. The van der Waals surface area contributed by atoms with Crippen molar-refractivity contribution >= 4 is 29.9 Å². The summed E-state index contributed by atoms with van der Waals surface area (Å²) in [5, 5.41) is 35.2. The number of aliphatic carboxylic acids is 4. The molecule has 13 N–H and O–H groups in total. The Balaban J connectivity index is -0.000000372. The van der Waals surface area contributed by atoms with Gasteiger partial charge in [-0.25, -0.2) is 4.79 Å². The second-order valence-corrected chi connectivity index (χ2v) is 6.36. The van der Waals surface area contributed by atoms with Crippen LogP contribution in [0.15, 0.2) is 0 Å². The molecule has 0 saturated carbocycles. The van der Waals surface area contributed by atoms with E-state index in [1.54, 1.807) is 13.8 Å². The SMILES string of the molecule is CC(C)C(N)C(=O)O.NC(=O)NCCCC(N)C(=O)O.NC(CCC(=O)O)C(=O)O. The predicted molar refractivity (Wildman–Crippen MR) is 105 cm³/mol. The first kappa shape index (κ1) is 31.7. The van der Waals surface area contributed by atoms with Crippen LogP contribution in [0, 0.1) is 5.92 Å². The number of primary amides is 1. The fraction of sp³-hybridized carbons (Fsp3) is 0.688. The molecule has 0 aromatic carbocycles. The van der Waals surface area contributed by atoms with Crippen molar-refractivity contribution in [2.75, 3.05) is 6.54 Å². The lowest BCUT2D eigenvalue weighted by Crippen LogP contribution is -2.34. The number of nitrogens with two attached hydrogens (primary N) is 4. The fourth-order valence-corrected chi connectivity index (χ4v) is 1.34. The Bertz CT molecular complexity index is 557. The van der Waals surface area contributed by atoms with Crippen LogP contribution in [0.1, 0.15) is 39.5 Å². The molecule has 0 rings (SSSR count). The number of carboxylic acid groups (broad SMARTS) is 4. The summed E-state index contributed by atoms with van der Waals surface area (Å²) in [5.74, 6) is -4.14. The molecule has 0 spiro atoms. The summed E-state index contributed by atoms with van der Waals surface area (Å²) in [6.45, 7) is 3.91. The molecule has 14 heteroatoms. The first-order valence-electron chi connectivity index (χ1n) is 8.83. The average Bonchev–Trinajstić information content (AvgIpc) is 2.62. The van der Waals surface area contributed by atoms with Gasteiger partial charge < -0.3 is 48.7 Å². The van der Waals surface area contributed by atoms with Crippen LogP contribution in [0.2, 0.25) is 0 Å². The molecule has 176 valence electrons. The Labute approximate surface area is 173 Å². The van der Waals surface area contributed by atoms with Crippen LogP contribution in [0.25, 0.3) is 0 Å². The van der Waals surface area contributed by atoms with Crippen molar-refractivity contribution in [2.45, 2.75) is 57.7 Å². The minimum atomic E-state index is -1.17. The molecule has 0 bridgehead atoms. The van der Waals surface area contributed by atoms with Gasteiger partial charge in [0.05, 0.1) is 0 Å². The third-order valence-electron chi connectivity index (χ3n) is 3.30. The van der Waals surface area contributed by atoms with Gasteiger partial charge in [0.25, 0.3) is 0 Å². The molecule has 0 aromatic rings. The summed E-state index contributed by atoms with van der Waals surface area (Å²) in [6.07, 6.45) is 0.615. The van der Waals surface area contributed by atoms with E-state index >= 15 is 0 Å². The molecule has 0 saturated heterocycles. The van der Waals surface area contributed by atoms with Crippen LogP contribution >= 0.6 is 0 Å². The van der Waals surface area contributed by atoms with E-state index < -0.39 is 48.0 Å². The molecule has 0 fully saturated rings. The number of carbonyl (C=O) groups excluding carboxylic acids is 1. The Morgan fingerprint density at radius 3 is 1.50 bits per heavy atom. The summed E-state index contributed by atoms with van der Waals surface area (Å²) >= 11 is 0. The van der Waals surface area contributed by atoms with E-state index in [2.05, 4.69) is 5.32 Å². The van der Waals surface area contributed by atoms with Gasteiger partial charge in [-0.1, -0.05) is 13.8 Å². The third-order valence-corrected chi connectivity index (χ3v) is 3.30. The van der Waals surface area contributed by atoms with E-state index in [4.69, 9.17) is 43.4 Å². The van der Waals surface area contributed by atoms with Gasteiger partial charge in [0.2, 0.25) is 0 Å². The normalized spacial score (nSPS) is 12.7. The number of hydrogen-bond acceptors (Lipinski definition) is 8. The molecular formula is C16H33N5O9. The fourth-order valence-electron chi connectivity index (χ4n) is 1.34. The Kier molecular flexibility index (Phi) is 19.1. The van der Waals surface area contributed by atoms with Crippen molar-refractivity contribution in [2.24, 2.45) is 28.9 Å². The molecule has 30 heavy (non-hydrogen) atoms. The third kappa shape index (κ3) is 23.1. The molecule has 0 heterocycles. The molecule has 0 aliphatic rings. The highest BCUT2D eigenvalue weighted by molar-refractivity contribution is 5.75. The van der Waals surface area contributed by atoms with Gasteiger partial charge >= 0.3 is 29.9 Å². The number of carboxylic acids is 4. The second-order valence-electron chi connectivity index (χ2n) is 6.36. The minimum absolute atomic E-state index is 0.0208. The van der Waals surface area contributed by atoms with Crippen LogP contribution < -0.4 is 28.3 Å². The molecular weight excluding hydrogens is 406 g/mol. The summed E-state index contributed by atoms with van der Waals surface area (Å²) < 4.78 is 0. The lowest BCUT2D eigenvalue weighted by molar-refractivity contribution is -0.141. The van der Waals surface area contributed by atoms with Crippen molar-refractivity contribution in [3.05, 3.63) is 0 Å². The largest absolute Gasteiger partial charge is 0.481 e. The van der Waals surface area contributed by atoms with Gasteiger partial charge in [0, 0.05) is 13.0 Å². The highest BCUT2D eigenvalue weighted by atomic mass is 16.4. The zero-order chi connectivity index (χ0) is 24.4. The number of carbonyl (C=O) groups is 5. The first-order chi connectivity index (χ1) is 13.6. The van der Waals surface area contributed by atoms with Gasteiger partial charge in [0.1, 0.15) is 18.1 Å². The molecule has 0 radical (unpaired) electrons. The molecule has 14 nitrogen and oxygen atoms in total. The maximum absolute atomic E-state index is 10.2. The first-order valence-corrected chi connectivity index (χ1v) is 8.83. The summed E-state index contributed by atoms with van der Waals surface area (Å²) in [6, 6.07) is -3.25. The Morgan fingerprint density at radius 1 is 0.800 bits per heavy atom. The number of amides is 2. The maximum atomic E-state index is 10.2. The van der Waals surface area contributed by atoms with Gasteiger partial charge in [-0.05, 0) is 25.2 Å². The number of urea groups is 1. The Morgan fingerprint density at radius 2 is 1.23 bits per heavy atom. The number of hydrogen-bond donors (Lipinski definition) is 9. The van der Waals surface area contributed by atoms with Gasteiger partial charge in [-0.15, -0.1) is 0 Å². The van der Waals surface area contributed by atoms with Crippen LogP contribution in [-0.2, 0) is 19.2 Å². The Hall–Kier alpha value is -2.97. The van der Waals surface area contributed by atoms with E-state index in [0.717, 1.165) is 0 Å². The molecule has 0 aromatic heterocycles. The minimum Gasteiger partial charge on any atom is -0.481 e. The molecule has 3 atom stereocenters. The van der Waals surface area contributed by atoms with Crippen LogP contribution in [0.4, 0.5) is 4.79 Å². The smallest absolute Gasteiger partial charge is 0.320 e. The van der Waals surface area contributed by atoms with Gasteiger partial charge in [-0.3, -0.25) is 19.2 Å². The second kappa shape index (κ2) is 18.1. The van der Waals surface area contributed by atoms with Crippen molar-refractivity contribution in [1.29, 1.82) is 0 Å². The van der Waals surface area contributed by atoms with E-state index in [9.17, 15) is 24.0 Å². The van der Waals surface area contributed by atoms with Crippen LogP contribution in [0.3, 0.4) is 0 Å². The monoisotopic (exact) mass is 439 g/mol. The standard InChI is InChI=1S/C6H13N3O3.C5H9NO4.C5H11NO2/c7-4(5(10)11)2-1-3-9-6(8)12;6-3(5(9)10)1-2-4(7)8;1-3(2)4(6)5(7)8/h4H,1-3,7H2,(H,10,11)(H3,8,9,12);3H,1-2,6H2,(H,7,8)(H,9,10);3-4H,6H2,1-2H3,(H,7,8). The zero-order valence-electron chi connectivity index (χ0n) is 17.0. The zero-order valence-corrected chi connectivity index (χ0v) is 17.0. The van der Waals surface area contributed by atoms with E-state index in [1.165, 1.54) is 0 Å². The van der Waals surface area contributed by atoms with Crippen LogP contribution in [0.5, 0.6) is 0 Å². The van der Waals surface area contributed by atoms with Crippen molar-refractivity contribution in [3.63, 3.8) is 0 Å². The van der Waals surface area contributed by atoms with E-state index in [0.29, 0.717) is 19.4 Å².